The zero-order chi connectivity index (χ0) is 13.1. The number of benzene rings is 2. The zero-order valence-corrected chi connectivity index (χ0v) is 11.0. The molecule has 0 spiro atoms. The molecule has 4 N–H and O–H groups in total. The molecule has 2 aromatic carbocycles. The van der Waals surface area contributed by atoms with Crippen molar-refractivity contribution in [3.05, 3.63) is 59.2 Å². The lowest BCUT2D eigenvalue weighted by atomic mass is 9.95. The first kappa shape index (κ1) is 12.5. The van der Waals surface area contributed by atoms with Gasteiger partial charge in [0.15, 0.2) is 0 Å². The fourth-order valence-corrected chi connectivity index (χ4v) is 2.15. The summed E-state index contributed by atoms with van der Waals surface area (Å²) < 4.78 is 0. The van der Waals surface area contributed by atoms with Gasteiger partial charge in [0.25, 0.3) is 0 Å². The average molecular weight is 240 g/mol. The van der Waals surface area contributed by atoms with E-state index < -0.39 is 0 Å². The van der Waals surface area contributed by atoms with Crippen LogP contribution >= 0.6 is 0 Å². The highest BCUT2D eigenvalue weighted by Crippen LogP contribution is 2.25. The Bertz CT molecular complexity index is 545. The molecule has 0 aliphatic heterocycles. The Balaban J connectivity index is 2.30. The van der Waals surface area contributed by atoms with E-state index in [1.807, 2.05) is 24.3 Å². The Morgan fingerprint density at radius 1 is 0.944 bits per heavy atom. The quantitative estimate of drug-likeness (QED) is 0.806. The molecule has 94 valence electrons. The minimum atomic E-state index is 0.443. The lowest BCUT2D eigenvalue weighted by molar-refractivity contribution is 0.866. The Kier molecular flexibility index (Phi) is 3.56. The summed E-state index contributed by atoms with van der Waals surface area (Å²) in [6.07, 6.45) is 0.854. The van der Waals surface area contributed by atoms with Crippen LogP contribution in [0.25, 0.3) is 0 Å². The molecule has 0 atom stereocenters. The molecule has 0 bridgehead atoms. The Hall–Kier alpha value is -1.96. The highest BCUT2D eigenvalue weighted by atomic mass is 14.6. The van der Waals surface area contributed by atoms with Crippen molar-refractivity contribution in [1.29, 1.82) is 0 Å². The highest BCUT2D eigenvalue weighted by molar-refractivity contribution is 5.53. The van der Waals surface area contributed by atoms with Crippen molar-refractivity contribution in [3.8, 4) is 0 Å². The minimum absolute atomic E-state index is 0.443. The molecule has 0 saturated carbocycles. The number of anilines is 2. The first-order valence-electron chi connectivity index (χ1n) is 6.29. The normalized spacial score (nSPS) is 10.8. The lowest BCUT2D eigenvalue weighted by Gasteiger charge is -2.12. The molecule has 0 aromatic heterocycles. The van der Waals surface area contributed by atoms with Gasteiger partial charge in [0.2, 0.25) is 0 Å². The van der Waals surface area contributed by atoms with E-state index in [2.05, 4.69) is 32.0 Å². The molecule has 0 fully saturated rings. The van der Waals surface area contributed by atoms with E-state index in [-0.39, 0.29) is 0 Å². The van der Waals surface area contributed by atoms with Gasteiger partial charge in [-0.2, -0.15) is 0 Å². The number of hydrogen-bond donors (Lipinski definition) is 2. The second-order valence-electron chi connectivity index (χ2n) is 4.99. The molecule has 0 saturated heterocycles. The Morgan fingerprint density at radius 3 is 2.33 bits per heavy atom. The summed E-state index contributed by atoms with van der Waals surface area (Å²) in [7, 11) is 0. The molecule has 2 nitrogen and oxygen atoms in total. The number of para-hydroxylation sites is 1. The van der Waals surface area contributed by atoms with Gasteiger partial charge in [0, 0.05) is 11.4 Å². The molecule has 0 unspecified atom stereocenters. The van der Waals surface area contributed by atoms with Crippen molar-refractivity contribution < 1.29 is 0 Å². The average Bonchev–Trinajstić information content (AvgIpc) is 2.34. The second-order valence-corrected chi connectivity index (χ2v) is 4.99. The van der Waals surface area contributed by atoms with E-state index >= 15 is 0 Å². The topological polar surface area (TPSA) is 52.0 Å². The number of nitrogens with two attached hydrogens (primary N) is 2. The molecule has 0 amide bonds. The van der Waals surface area contributed by atoms with Crippen LogP contribution < -0.4 is 11.5 Å². The fraction of sp³-hybridized carbons (Fsp3) is 0.250. The van der Waals surface area contributed by atoms with Gasteiger partial charge in [-0.05, 0) is 41.2 Å². The number of rotatable bonds is 3. The van der Waals surface area contributed by atoms with Gasteiger partial charge in [-0.1, -0.05) is 44.2 Å². The summed E-state index contributed by atoms with van der Waals surface area (Å²) in [6, 6.07) is 14.2. The van der Waals surface area contributed by atoms with Crippen molar-refractivity contribution in [2.75, 3.05) is 11.5 Å². The highest BCUT2D eigenvalue weighted by Gasteiger charge is 2.06. The van der Waals surface area contributed by atoms with Crippen LogP contribution in [0.15, 0.2) is 42.5 Å². The molecule has 0 aliphatic carbocycles. The Morgan fingerprint density at radius 2 is 1.67 bits per heavy atom. The maximum atomic E-state index is 5.99. The largest absolute Gasteiger partial charge is 0.398 e. The van der Waals surface area contributed by atoms with Gasteiger partial charge in [0.1, 0.15) is 0 Å². The summed E-state index contributed by atoms with van der Waals surface area (Å²) in [6.45, 7) is 4.32. The van der Waals surface area contributed by atoms with Gasteiger partial charge in [-0.15, -0.1) is 0 Å². The van der Waals surface area contributed by atoms with Crippen LogP contribution in [0.5, 0.6) is 0 Å². The van der Waals surface area contributed by atoms with Crippen molar-refractivity contribution in [2.45, 2.75) is 26.2 Å². The summed E-state index contributed by atoms with van der Waals surface area (Å²) in [5.41, 5.74) is 17.3. The summed E-state index contributed by atoms with van der Waals surface area (Å²) in [5, 5.41) is 0. The molecular formula is C16H20N2. The van der Waals surface area contributed by atoms with Crippen molar-refractivity contribution in [2.24, 2.45) is 0 Å². The smallest absolute Gasteiger partial charge is 0.0349 e. The van der Waals surface area contributed by atoms with Crippen LogP contribution in [0.3, 0.4) is 0 Å². The van der Waals surface area contributed by atoms with E-state index in [1.54, 1.807) is 0 Å². The first-order valence-corrected chi connectivity index (χ1v) is 6.29. The van der Waals surface area contributed by atoms with Crippen LogP contribution in [0.1, 0.15) is 36.5 Å². The molecule has 2 aromatic rings. The van der Waals surface area contributed by atoms with Gasteiger partial charge in [0.05, 0.1) is 0 Å². The Labute approximate surface area is 109 Å². The van der Waals surface area contributed by atoms with Crippen LogP contribution in [0.2, 0.25) is 0 Å². The van der Waals surface area contributed by atoms with E-state index in [0.29, 0.717) is 5.92 Å². The van der Waals surface area contributed by atoms with E-state index in [0.717, 1.165) is 23.4 Å². The van der Waals surface area contributed by atoms with Gasteiger partial charge >= 0.3 is 0 Å². The maximum Gasteiger partial charge on any atom is 0.0349 e. The van der Waals surface area contributed by atoms with Crippen molar-refractivity contribution >= 4 is 11.4 Å². The summed E-state index contributed by atoms with van der Waals surface area (Å²) >= 11 is 0. The SMILES string of the molecule is CC(C)c1cc(Cc2ccccc2N)ccc1N. The number of nitrogen functional groups attached to an aromatic ring is 2. The predicted octanol–water partition coefficient (Wildman–Crippen LogP) is 3.57. The van der Waals surface area contributed by atoms with E-state index in [9.17, 15) is 0 Å². The van der Waals surface area contributed by atoms with E-state index in [4.69, 9.17) is 11.5 Å². The predicted molar refractivity (Wildman–Crippen MR) is 78.6 cm³/mol. The van der Waals surface area contributed by atoms with Crippen LogP contribution in [-0.4, -0.2) is 0 Å². The van der Waals surface area contributed by atoms with Crippen LogP contribution in [0.4, 0.5) is 11.4 Å². The minimum Gasteiger partial charge on any atom is -0.398 e. The zero-order valence-electron chi connectivity index (χ0n) is 11.0. The van der Waals surface area contributed by atoms with Crippen LogP contribution in [-0.2, 0) is 6.42 Å². The maximum absolute atomic E-state index is 5.99. The standard InChI is InChI=1S/C16H20N2/c1-11(2)14-10-12(7-8-16(14)18)9-13-5-3-4-6-15(13)17/h3-8,10-11H,9,17-18H2,1-2H3. The molecule has 0 radical (unpaired) electrons. The lowest BCUT2D eigenvalue weighted by Crippen LogP contribution is -2.00. The summed E-state index contributed by atoms with van der Waals surface area (Å²) in [5.74, 6) is 0.443. The third-order valence-corrected chi connectivity index (χ3v) is 3.22. The van der Waals surface area contributed by atoms with Crippen molar-refractivity contribution in [3.63, 3.8) is 0 Å². The van der Waals surface area contributed by atoms with Crippen LogP contribution in [0, 0.1) is 0 Å². The molecule has 0 aliphatic rings. The van der Waals surface area contributed by atoms with Crippen molar-refractivity contribution in [1.82, 2.24) is 0 Å². The van der Waals surface area contributed by atoms with Gasteiger partial charge in [-0.25, -0.2) is 0 Å². The summed E-state index contributed by atoms with van der Waals surface area (Å²) in [4.78, 5) is 0. The monoisotopic (exact) mass is 240 g/mol. The first-order chi connectivity index (χ1) is 8.58. The molecular weight excluding hydrogens is 220 g/mol. The fourth-order valence-electron chi connectivity index (χ4n) is 2.15. The third-order valence-electron chi connectivity index (χ3n) is 3.22. The second kappa shape index (κ2) is 5.13. The molecule has 18 heavy (non-hydrogen) atoms. The number of hydrogen-bond acceptors (Lipinski definition) is 2. The molecule has 2 heteroatoms. The van der Waals surface area contributed by atoms with Gasteiger partial charge < -0.3 is 11.5 Å². The molecule has 2 rings (SSSR count). The molecule has 0 heterocycles. The van der Waals surface area contributed by atoms with Gasteiger partial charge in [-0.3, -0.25) is 0 Å². The third kappa shape index (κ3) is 2.65. The van der Waals surface area contributed by atoms with E-state index in [1.165, 1.54) is 11.1 Å².